The van der Waals surface area contributed by atoms with Gasteiger partial charge in [-0.2, -0.15) is 5.10 Å². The molecule has 2 aromatic rings. The van der Waals surface area contributed by atoms with Gasteiger partial charge in [0, 0.05) is 24.9 Å². The molecule has 2 N–H and O–H groups in total. The molecule has 10 heteroatoms. The lowest BCUT2D eigenvalue weighted by Gasteiger charge is -2.30. The van der Waals surface area contributed by atoms with Crippen molar-refractivity contribution in [3.05, 3.63) is 65.7 Å². The number of hydrogen-bond acceptors (Lipinski definition) is 7. The minimum absolute atomic E-state index is 0.149. The number of rotatable bonds is 2. The summed E-state index contributed by atoms with van der Waals surface area (Å²) in [5, 5.41) is 14.2. The Kier molecular flexibility index (Phi) is 8.51. The summed E-state index contributed by atoms with van der Waals surface area (Å²) in [4.78, 5) is 26.7. The molecule has 0 saturated carbocycles. The first-order valence-corrected chi connectivity index (χ1v) is 13.2. The second-order valence-corrected chi connectivity index (χ2v) is 9.46. The van der Waals surface area contributed by atoms with Gasteiger partial charge in [-0.3, -0.25) is 14.8 Å². The number of amides is 2. The Morgan fingerprint density at radius 1 is 1.15 bits per heavy atom. The molecule has 0 aliphatic carbocycles. The zero-order chi connectivity index (χ0) is 27.0. The largest absolute Gasteiger partial charge is 0.379 e. The van der Waals surface area contributed by atoms with Crippen molar-refractivity contribution in [1.29, 1.82) is 0 Å². The summed E-state index contributed by atoms with van der Waals surface area (Å²) in [6, 6.07) is 17.6. The van der Waals surface area contributed by atoms with E-state index in [0.717, 1.165) is 42.1 Å². The lowest BCUT2D eigenvalue weighted by Crippen LogP contribution is -2.48. The SMILES string of the molecule is CN=C1NC=NC2C1C(C#Cc1cc(NC(=O)N3CCCO3)ccc1C)=NN2C1CCOC1.c1ccccc1. The molecule has 202 valence electrons. The number of hydroxylamine groups is 2. The maximum Gasteiger partial charge on any atom is 0.345 e. The molecule has 4 heterocycles. The highest BCUT2D eigenvalue weighted by Gasteiger charge is 2.44. The third-order valence-corrected chi connectivity index (χ3v) is 6.80. The van der Waals surface area contributed by atoms with Crippen LogP contribution in [0.4, 0.5) is 10.5 Å². The number of carbonyl (C=O) groups excluding carboxylic acids is 1. The van der Waals surface area contributed by atoms with Crippen molar-refractivity contribution in [3.63, 3.8) is 0 Å². The Balaban J connectivity index is 0.000000455. The van der Waals surface area contributed by atoms with Gasteiger partial charge in [-0.25, -0.2) is 14.9 Å². The highest BCUT2D eigenvalue weighted by molar-refractivity contribution is 6.18. The van der Waals surface area contributed by atoms with Gasteiger partial charge in [0.25, 0.3) is 0 Å². The highest BCUT2D eigenvalue weighted by atomic mass is 16.7. The van der Waals surface area contributed by atoms with Crippen molar-refractivity contribution in [2.24, 2.45) is 21.0 Å². The van der Waals surface area contributed by atoms with Crippen LogP contribution < -0.4 is 10.6 Å². The summed E-state index contributed by atoms with van der Waals surface area (Å²) in [5.41, 5.74) is 3.22. The second kappa shape index (κ2) is 12.6. The maximum absolute atomic E-state index is 12.4. The number of aliphatic imine (C=N–C) groups is 2. The van der Waals surface area contributed by atoms with Crippen LogP contribution in [0.5, 0.6) is 0 Å². The first kappa shape index (κ1) is 26.4. The number of nitrogens with one attached hydrogen (secondary N) is 2. The predicted octanol–water partition coefficient (Wildman–Crippen LogP) is 3.26. The first-order valence-electron chi connectivity index (χ1n) is 13.2. The average molecular weight is 528 g/mol. The molecule has 2 saturated heterocycles. The number of aryl methyl sites for hydroxylation is 1. The van der Waals surface area contributed by atoms with Crippen molar-refractivity contribution in [2.75, 3.05) is 38.7 Å². The Hall–Kier alpha value is -4.20. The maximum atomic E-state index is 12.4. The first-order chi connectivity index (χ1) is 19.1. The molecular weight excluding hydrogens is 494 g/mol. The van der Waals surface area contributed by atoms with Crippen molar-refractivity contribution in [3.8, 4) is 11.8 Å². The van der Waals surface area contributed by atoms with Crippen molar-refractivity contribution in [1.82, 2.24) is 15.4 Å². The van der Waals surface area contributed by atoms with Gasteiger partial charge >= 0.3 is 6.03 Å². The van der Waals surface area contributed by atoms with E-state index in [-0.39, 0.29) is 24.2 Å². The number of hydrazone groups is 1. The van der Waals surface area contributed by atoms with Gasteiger partial charge in [0.15, 0.2) is 6.17 Å². The Morgan fingerprint density at radius 3 is 2.62 bits per heavy atom. The molecule has 4 aliphatic rings. The number of urea groups is 1. The fourth-order valence-electron chi connectivity index (χ4n) is 4.71. The number of amidine groups is 1. The monoisotopic (exact) mass is 527 g/mol. The molecule has 0 radical (unpaired) electrons. The van der Waals surface area contributed by atoms with E-state index in [1.807, 2.05) is 66.5 Å². The molecule has 0 spiro atoms. The van der Waals surface area contributed by atoms with Gasteiger partial charge in [0.05, 0.1) is 32.1 Å². The van der Waals surface area contributed by atoms with Crippen LogP contribution in [0.1, 0.15) is 24.0 Å². The zero-order valence-electron chi connectivity index (χ0n) is 22.2. The molecule has 3 atom stereocenters. The van der Waals surface area contributed by atoms with E-state index < -0.39 is 0 Å². The molecule has 2 fully saturated rings. The lowest BCUT2D eigenvalue weighted by atomic mass is 9.97. The minimum Gasteiger partial charge on any atom is -0.379 e. The number of nitrogens with zero attached hydrogens (tertiary/aromatic N) is 5. The number of fused-ring (bicyclic) bond motifs is 1. The van der Waals surface area contributed by atoms with Gasteiger partial charge in [0.2, 0.25) is 0 Å². The quantitative estimate of drug-likeness (QED) is 0.584. The summed E-state index contributed by atoms with van der Waals surface area (Å²) in [6.45, 7) is 4.51. The van der Waals surface area contributed by atoms with Crippen molar-refractivity contribution >= 4 is 29.6 Å². The topological polar surface area (TPSA) is 103 Å². The van der Waals surface area contributed by atoms with Crippen molar-refractivity contribution in [2.45, 2.75) is 32.0 Å². The molecule has 0 aromatic heterocycles. The van der Waals surface area contributed by atoms with E-state index in [0.29, 0.717) is 25.4 Å². The molecular formula is C29H33N7O3. The summed E-state index contributed by atoms with van der Waals surface area (Å²) in [6.07, 6.45) is 3.26. The summed E-state index contributed by atoms with van der Waals surface area (Å²) in [7, 11) is 1.76. The predicted molar refractivity (Wildman–Crippen MR) is 152 cm³/mol. The Labute approximate surface area is 228 Å². The zero-order valence-corrected chi connectivity index (χ0v) is 22.2. The smallest absolute Gasteiger partial charge is 0.345 e. The molecule has 2 amide bonds. The second-order valence-electron chi connectivity index (χ2n) is 9.46. The molecule has 2 aromatic carbocycles. The van der Waals surface area contributed by atoms with E-state index in [4.69, 9.17) is 14.7 Å². The standard InChI is InChI=1S/C23H27N7O3.C6H6/c1-15-4-6-17(27-23(31)29-9-3-10-33-29)12-16(15)5-7-19-20-21(24-2)25-14-26-22(20)30(28-19)18-8-11-32-13-18;1-2-4-6-5-3-1/h4,6,12,14,18,20,22H,3,8-11,13H2,1-2H3,(H,27,31)(H,24,25,26);1-6H. The molecule has 39 heavy (non-hydrogen) atoms. The van der Waals surface area contributed by atoms with E-state index >= 15 is 0 Å². The third kappa shape index (κ3) is 6.28. The van der Waals surface area contributed by atoms with Crippen molar-refractivity contribution < 1.29 is 14.4 Å². The van der Waals surface area contributed by atoms with E-state index in [1.54, 1.807) is 13.4 Å². The van der Waals surface area contributed by atoms with Crippen LogP contribution in [0.15, 0.2) is 69.7 Å². The number of ether oxygens (including phenoxy) is 1. The van der Waals surface area contributed by atoms with Crippen LogP contribution in [-0.2, 0) is 9.57 Å². The van der Waals surface area contributed by atoms with Gasteiger partial charge in [0.1, 0.15) is 17.5 Å². The average Bonchev–Trinajstić information content (AvgIpc) is 3.76. The fraction of sp³-hybridized carbons (Fsp3) is 0.379. The number of hydrogen-bond donors (Lipinski definition) is 2. The number of anilines is 1. The summed E-state index contributed by atoms with van der Waals surface area (Å²) < 4.78 is 5.57. The number of carbonyl (C=O) groups is 1. The lowest BCUT2D eigenvalue weighted by molar-refractivity contribution is -0.0614. The van der Waals surface area contributed by atoms with Crippen LogP contribution in [-0.4, -0.2) is 79.6 Å². The third-order valence-electron chi connectivity index (χ3n) is 6.80. The van der Waals surface area contributed by atoms with Crippen LogP contribution in [0.25, 0.3) is 0 Å². The fourth-order valence-corrected chi connectivity index (χ4v) is 4.71. The summed E-state index contributed by atoms with van der Waals surface area (Å²) >= 11 is 0. The van der Waals surface area contributed by atoms with E-state index in [1.165, 1.54) is 5.06 Å². The highest BCUT2D eigenvalue weighted by Crippen LogP contribution is 2.30. The number of benzene rings is 2. The van der Waals surface area contributed by atoms with Crippen LogP contribution in [0, 0.1) is 24.7 Å². The molecule has 10 nitrogen and oxygen atoms in total. The van der Waals surface area contributed by atoms with E-state index in [9.17, 15) is 4.79 Å². The normalized spacial score (nSPS) is 24.2. The summed E-state index contributed by atoms with van der Waals surface area (Å²) in [5.74, 6) is 7.17. The van der Waals surface area contributed by atoms with Gasteiger partial charge < -0.3 is 15.4 Å². The van der Waals surface area contributed by atoms with Crippen LogP contribution >= 0.6 is 0 Å². The molecule has 6 rings (SSSR count). The minimum atomic E-state index is -0.275. The molecule has 4 aliphatic heterocycles. The molecule has 3 unspecified atom stereocenters. The van der Waals surface area contributed by atoms with Crippen LogP contribution in [0.3, 0.4) is 0 Å². The Bertz CT molecular complexity index is 1280. The van der Waals surface area contributed by atoms with Gasteiger partial charge in [-0.05, 0) is 43.4 Å². The van der Waals surface area contributed by atoms with Gasteiger partial charge in [-0.1, -0.05) is 48.4 Å². The van der Waals surface area contributed by atoms with Gasteiger partial charge in [-0.15, -0.1) is 0 Å². The Morgan fingerprint density at radius 2 is 1.95 bits per heavy atom. The molecule has 0 bridgehead atoms. The van der Waals surface area contributed by atoms with E-state index in [2.05, 4.69) is 32.5 Å². The van der Waals surface area contributed by atoms with Crippen LogP contribution in [0.2, 0.25) is 0 Å².